The third-order valence-electron chi connectivity index (χ3n) is 4.77. The normalized spacial score (nSPS) is 10.4. The molecule has 0 radical (unpaired) electrons. The Balaban J connectivity index is 1.59. The lowest BCUT2D eigenvalue weighted by Crippen LogP contribution is -2.42. The summed E-state index contributed by atoms with van der Waals surface area (Å²) in [6, 6.07) is 21.9. The van der Waals surface area contributed by atoms with Crippen molar-refractivity contribution in [2.45, 2.75) is 0 Å². The number of nitro benzene ring substituents is 1. The van der Waals surface area contributed by atoms with Gasteiger partial charge in [-0.3, -0.25) is 30.6 Å². The molecule has 3 aromatic carbocycles. The van der Waals surface area contributed by atoms with Crippen molar-refractivity contribution in [3.8, 4) is 22.8 Å². The molecular weight excluding hydrogens is 440 g/mol. The van der Waals surface area contributed by atoms with E-state index in [2.05, 4.69) is 20.9 Å². The molecule has 34 heavy (non-hydrogen) atoms. The predicted octanol–water partition coefficient (Wildman–Crippen LogP) is 2.93. The van der Waals surface area contributed by atoms with Gasteiger partial charge in [0.1, 0.15) is 5.75 Å². The van der Waals surface area contributed by atoms with Crippen LogP contribution in [0.25, 0.3) is 17.1 Å². The second kappa shape index (κ2) is 9.61. The first kappa shape index (κ1) is 22.1. The molecule has 1 heterocycles. The quantitative estimate of drug-likeness (QED) is 0.334. The van der Waals surface area contributed by atoms with Crippen molar-refractivity contribution in [3.63, 3.8) is 0 Å². The fourth-order valence-electron chi connectivity index (χ4n) is 3.16. The molecule has 11 heteroatoms. The Labute approximate surface area is 193 Å². The lowest BCUT2D eigenvalue weighted by molar-refractivity contribution is -0.384. The number of ether oxygens (including phenoxy) is 1. The van der Waals surface area contributed by atoms with E-state index in [0.29, 0.717) is 11.5 Å². The SMILES string of the molecule is COc1ccc([N+](=O)[O-])cc1C(=O)NNC(=O)c1nc(-c2ccccc2)n(-c2ccccc2)n1. The third kappa shape index (κ3) is 4.58. The smallest absolute Gasteiger partial charge is 0.309 e. The molecule has 2 amide bonds. The molecule has 0 fully saturated rings. The van der Waals surface area contributed by atoms with Crippen molar-refractivity contribution in [1.29, 1.82) is 0 Å². The predicted molar refractivity (Wildman–Crippen MR) is 121 cm³/mol. The largest absolute Gasteiger partial charge is 0.496 e. The number of rotatable bonds is 6. The number of aromatic nitrogens is 3. The van der Waals surface area contributed by atoms with Gasteiger partial charge in [-0.1, -0.05) is 48.5 Å². The van der Waals surface area contributed by atoms with E-state index in [1.807, 2.05) is 60.7 Å². The fourth-order valence-corrected chi connectivity index (χ4v) is 3.16. The van der Waals surface area contributed by atoms with Gasteiger partial charge in [-0.25, -0.2) is 9.67 Å². The molecule has 0 atom stereocenters. The Bertz CT molecular complexity index is 1300. The van der Waals surface area contributed by atoms with Gasteiger partial charge in [0, 0.05) is 17.7 Å². The molecule has 0 unspecified atom stereocenters. The first-order valence-corrected chi connectivity index (χ1v) is 9.99. The summed E-state index contributed by atoms with van der Waals surface area (Å²) < 4.78 is 6.61. The van der Waals surface area contributed by atoms with Crippen LogP contribution in [0.3, 0.4) is 0 Å². The van der Waals surface area contributed by atoms with Gasteiger partial charge in [0.15, 0.2) is 5.82 Å². The number of non-ortho nitro benzene ring substituents is 1. The summed E-state index contributed by atoms with van der Waals surface area (Å²) in [7, 11) is 1.32. The molecule has 0 aliphatic rings. The summed E-state index contributed by atoms with van der Waals surface area (Å²) in [6.07, 6.45) is 0. The molecular formula is C23H18N6O5. The van der Waals surface area contributed by atoms with Crippen molar-refractivity contribution >= 4 is 17.5 Å². The molecule has 0 aliphatic carbocycles. The van der Waals surface area contributed by atoms with Gasteiger partial charge in [0.2, 0.25) is 5.82 Å². The average molecular weight is 458 g/mol. The number of nitro groups is 1. The summed E-state index contributed by atoms with van der Waals surface area (Å²) in [4.78, 5) is 40.1. The van der Waals surface area contributed by atoms with E-state index in [0.717, 1.165) is 11.6 Å². The highest BCUT2D eigenvalue weighted by Gasteiger charge is 2.21. The van der Waals surface area contributed by atoms with Crippen LogP contribution in [0.1, 0.15) is 21.0 Å². The molecule has 4 rings (SSSR count). The number of nitrogens with zero attached hydrogens (tertiary/aromatic N) is 4. The molecule has 0 saturated heterocycles. The maximum atomic E-state index is 12.7. The number of benzene rings is 3. The van der Waals surface area contributed by atoms with Crippen molar-refractivity contribution < 1.29 is 19.2 Å². The van der Waals surface area contributed by atoms with E-state index in [1.165, 1.54) is 23.9 Å². The maximum absolute atomic E-state index is 12.7. The number of carbonyl (C=O) groups is 2. The number of hydrogen-bond donors (Lipinski definition) is 2. The summed E-state index contributed by atoms with van der Waals surface area (Å²) in [5, 5.41) is 15.3. The van der Waals surface area contributed by atoms with Crippen LogP contribution < -0.4 is 15.6 Å². The van der Waals surface area contributed by atoms with Crippen molar-refractivity contribution in [1.82, 2.24) is 25.6 Å². The molecule has 0 aliphatic heterocycles. The highest BCUT2D eigenvalue weighted by molar-refractivity contribution is 6.00. The standard InChI is InChI=1S/C23H18N6O5/c1-34-19-13-12-17(29(32)33)14-18(19)22(30)25-26-23(31)20-24-21(15-8-4-2-5-9-15)28(27-20)16-10-6-3-7-11-16/h2-14H,1H3,(H,25,30)(H,26,31). The number of methoxy groups -OCH3 is 1. The van der Waals surface area contributed by atoms with Crippen LogP contribution in [-0.4, -0.2) is 38.6 Å². The Kier molecular flexibility index (Phi) is 6.26. The summed E-state index contributed by atoms with van der Waals surface area (Å²) in [5.74, 6) is -1.22. The minimum Gasteiger partial charge on any atom is -0.496 e. The lowest BCUT2D eigenvalue weighted by atomic mass is 10.1. The van der Waals surface area contributed by atoms with Crippen LogP contribution in [0.2, 0.25) is 0 Å². The number of para-hydroxylation sites is 1. The van der Waals surface area contributed by atoms with E-state index in [4.69, 9.17) is 4.74 Å². The van der Waals surface area contributed by atoms with E-state index in [9.17, 15) is 19.7 Å². The Morgan fingerprint density at radius 2 is 1.59 bits per heavy atom. The fraction of sp³-hybridized carbons (Fsp3) is 0.0435. The lowest BCUT2D eigenvalue weighted by Gasteiger charge is -2.09. The van der Waals surface area contributed by atoms with E-state index in [-0.39, 0.29) is 22.8 Å². The minimum absolute atomic E-state index is 0.107. The molecule has 11 nitrogen and oxygen atoms in total. The van der Waals surface area contributed by atoms with Gasteiger partial charge in [0.25, 0.3) is 11.6 Å². The summed E-state index contributed by atoms with van der Waals surface area (Å²) in [6.45, 7) is 0. The number of hydrazine groups is 1. The molecule has 0 bridgehead atoms. The third-order valence-corrected chi connectivity index (χ3v) is 4.77. The number of hydrogen-bond acceptors (Lipinski definition) is 7. The van der Waals surface area contributed by atoms with Gasteiger partial charge in [-0.15, -0.1) is 5.10 Å². The van der Waals surface area contributed by atoms with Gasteiger partial charge in [0.05, 0.1) is 23.3 Å². The van der Waals surface area contributed by atoms with Crippen LogP contribution >= 0.6 is 0 Å². The van der Waals surface area contributed by atoms with Gasteiger partial charge >= 0.3 is 5.91 Å². The average Bonchev–Trinajstić information content (AvgIpc) is 3.33. The zero-order valence-corrected chi connectivity index (χ0v) is 17.8. The molecule has 1 aromatic heterocycles. The monoisotopic (exact) mass is 458 g/mol. The van der Waals surface area contributed by atoms with Crippen molar-refractivity contribution in [3.05, 3.63) is 100 Å². The molecule has 0 saturated carbocycles. The Hall–Kier alpha value is -5.06. The summed E-state index contributed by atoms with van der Waals surface area (Å²) in [5.41, 5.74) is 5.47. The van der Waals surface area contributed by atoms with Crippen LogP contribution in [0, 0.1) is 10.1 Å². The second-order valence-corrected chi connectivity index (χ2v) is 6.92. The summed E-state index contributed by atoms with van der Waals surface area (Å²) >= 11 is 0. The van der Waals surface area contributed by atoms with E-state index < -0.39 is 16.7 Å². The Morgan fingerprint density at radius 1 is 0.941 bits per heavy atom. The van der Waals surface area contributed by atoms with Crippen LogP contribution in [-0.2, 0) is 0 Å². The van der Waals surface area contributed by atoms with Crippen LogP contribution in [0.4, 0.5) is 5.69 Å². The first-order valence-electron chi connectivity index (χ1n) is 9.99. The molecule has 2 N–H and O–H groups in total. The Morgan fingerprint density at radius 3 is 2.24 bits per heavy atom. The van der Waals surface area contributed by atoms with Crippen LogP contribution in [0.5, 0.6) is 5.75 Å². The number of amides is 2. The van der Waals surface area contributed by atoms with Crippen molar-refractivity contribution in [2.75, 3.05) is 7.11 Å². The second-order valence-electron chi connectivity index (χ2n) is 6.92. The zero-order valence-electron chi connectivity index (χ0n) is 17.8. The maximum Gasteiger partial charge on any atom is 0.309 e. The van der Waals surface area contributed by atoms with Crippen molar-refractivity contribution in [2.24, 2.45) is 0 Å². The molecule has 170 valence electrons. The van der Waals surface area contributed by atoms with Gasteiger partial charge < -0.3 is 4.74 Å². The highest BCUT2D eigenvalue weighted by Crippen LogP contribution is 2.24. The first-order chi connectivity index (χ1) is 16.5. The van der Waals surface area contributed by atoms with Gasteiger partial charge in [-0.2, -0.15) is 0 Å². The van der Waals surface area contributed by atoms with Gasteiger partial charge in [-0.05, 0) is 18.2 Å². The van der Waals surface area contributed by atoms with E-state index in [1.54, 1.807) is 0 Å². The zero-order chi connectivity index (χ0) is 24.1. The molecule has 4 aromatic rings. The number of nitrogens with one attached hydrogen (secondary N) is 2. The molecule has 0 spiro atoms. The minimum atomic E-state index is -0.806. The van der Waals surface area contributed by atoms with E-state index >= 15 is 0 Å². The topological polar surface area (TPSA) is 141 Å². The highest BCUT2D eigenvalue weighted by atomic mass is 16.6. The number of carbonyl (C=O) groups excluding carboxylic acids is 2. The van der Waals surface area contributed by atoms with Crippen LogP contribution in [0.15, 0.2) is 78.9 Å².